The topological polar surface area (TPSA) is 33.1 Å². The lowest BCUT2D eigenvalue weighted by molar-refractivity contribution is 0.0540. The van der Waals surface area contributed by atoms with Gasteiger partial charge in [-0.15, -0.1) is 0 Å². The van der Waals surface area contributed by atoms with Gasteiger partial charge in [-0.05, 0) is 36.9 Å². The molecule has 2 nitrogen and oxygen atoms in total. The highest BCUT2D eigenvalue weighted by Crippen LogP contribution is 2.45. The molecule has 0 fully saturated rings. The Morgan fingerprint density at radius 1 is 1.30 bits per heavy atom. The maximum Gasteiger partial charge on any atom is 0.104 e. The van der Waals surface area contributed by atoms with Gasteiger partial charge in [0.05, 0.1) is 5.25 Å². The molecule has 20 heavy (non-hydrogen) atoms. The average molecular weight is 328 g/mol. The van der Waals surface area contributed by atoms with Crippen molar-refractivity contribution >= 4 is 35.0 Å². The Balaban J connectivity index is 2.46. The summed E-state index contributed by atoms with van der Waals surface area (Å²) in [5.41, 5.74) is 0.535. The molecular weight excluding hydrogens is 313 g/mol. The van der Waals surface area contributed by atoms with Crippen molar-refractivity contribution in [1.29, 1.82) is 0 Å². The van der Waals surface area contributed by atoms with Crippen LogP contribution >= 0.6 is 35.0 Å². The minimum atomic E-state index is -1.08. The molecule has 2 unspecified atom stereocenters. The number of pyridine rings is 1. The van der Waals surface area contributed by atoms with Crippen LogP contribution in [-0.2, 0) is 5.60 Å². The van der Waals surface area contributed by atoms with Crippen molar-refractivity contribution in [2.24, 2.45) is 0 Å². The Bertz CT molecular complexity index is 590. The first-order valence-electron chi connectivity index (χ1n) is 6.07. The molecule has 106 valence electrons. The smallest absolute Gasteiger partial charge is 0.104 e. The van der Waals surface area contributed by atoms with E-state index in [-0.39, 0.29) is 5.25 Å². The number of rotatable bonds is 4. The van der Waals surface area contributed by atoms with Crippen LogP contribution in [0.25, 0.3) is 0 Å². The molecule has 0 bridgehead atoms. The maximum atomic E-state index is 10.9. The summed E-state index contributed by atoms with van der Waals surface area (Å²) in [6, 6.07) is 9.01. The normalized spacial score (nSPS) is 15.7. The van der Waals surface area contributed by atoms with Gasteiger partial charge in [0.1, 0.15) is 5.60 Å². The Kier molecular flexibility index (Phi) is 4.97. The van der Waals surface area contributed by atoms with Gasteiger partial charge in [0.25, 0.3) is 0 Å². The second-order valence-corrected chi connectivity index (χ2v) is 6.46. The zero-order chi connectivity index (χ0) is 14.8. The van der Waals surface area contributed by atoms with Gasteiger partial charge in [-0.25, -0.2) is 0 Å². The maximum absolute atomic E-state index is 10.9. The first-order valence-corrected chi connectivity index (χ1v) is 8.12. The quantitative estimate of drug-likeness (QED) is 0.883. The lowest BCUT2D eigenvalue weighted by atomic mass is 9.89. The van der Waals surface area contributed by atoms with E-state index in [1.165, 1.54) is 11.8 Å². The van der Waals surface area contributed by atoms with Gasteiger partial charge in [-0.3, -0.25) is 4.98 Å². The third-order valence-corrected chi connectivity index (χ3v) is 4.98. The number of hydrogen-bond donors (Lipinski definition) is 1. The number of thioether (sulfide) groups is 1. The van der Waals surface area contributed by atoms with E-state index in [0.29, 0.717) is 10.0 Å². The molecule has 2 rings (SSSR count). The van der Waals surface area contributed by atoms with Crippen LogP contribution in [0.2, 0.25) is 10.0 Å². The predicted octanol–water partition coefficient (Wildman–Crippen LogP) is 4.70. The van der Waals surface area contributed by atoms with Crippen LogP contribution in [0.4, 0.5) is 0 Å². The summed E-state index contributed by atoms with van der Waals surface area (Å²) in [5.74, 6) is 0. The Morgan fingerprint density at radius 2 is 2.05 bits per heavy atom. The molecule has 0 radical (unpaired) electrons. The second-order valence-electron chi connectivity index (χ2n) is 4.67. The van der Waals surface area contributed by atoms with E-state index in [1.807, 2.05) is 24.5 Å². The third-order valence-electron chi connectivity index (χ3n) is 3.24. The molecular formula is C15H15Cl2NOS. The van der Waals surface area contributed by atoms with Crippen molar-refractivity contribution in [3.05, 3.63) is 63.9 Å². The third kappa shape index (κ3) is 3.12. The van der Waals surface area contributed by atoms with Crippen LogP contribution in [0, 0.1) is 0 Å². The highest BCUT2D eigenvalue weighted by Gasteiger charge is 2.35. The van der Waals surface area contributed by atoms with Crippen LogP contribution in [-0.4, -0.2) is 16.3 Å². The minimum absolute atomic E-state index is 0.212. The summed E-state index contributed by atoms with van der Waals surface area (Å²) in [7, 11) is 0. The summed E-state index contributed by atoms with van der Waals surface area (Å²) in [6.45, 7) is 1.77. The average Bonchev–Trinajstić information content (AvgIpc) is 2.43. The van der Waals surface area contributed by atoms with Crippen molar-refractivity contribution in [3.63, 3.8) is 0 Å². The van der Waals surface area contributed by atoms with Gasteiger partial charge in [0.2, 0.25) is 0 Å². The number of aliphatic hydroxyl groups is 1. The molecule has 1 heterocycles. The van der Waals surface area contributed by atoms with E-state index in [4.69, 9.17) is 23.2 Å². The molecule has 1 N–H and O–H groups in total. The summed E-state index contributed by atoms with van der Waals surface area (Å²) in [5, 5.41) is 11.9. The lowest BCUT2D eigenvalue weighted by Gasteiger charge is -2.33. The molecule has 0 saturated carbocycles. The fourth-order valence-corrected chi connectivity index (χ4v) is 3.82. The van der Waals surface area contributed by atoms with Crippen molar-refractivity contribution in [2.75, 3.05) is 6.26 Å². The molecule has 0 aliphatic heterocycles. The molecule has 1 aromatic carbocycles. The van der Waals surface area contributed by atoms with Crippen LogP contribution < -0.4 is 0 Å². The number of aromatic nitrogens is 1. The zero-order valence-corrected chi connectivity index (χ0v) is 13.5. The molecule has 0 spiro atoms. The largest absolute Gasteiger partial charge is 0.384 e. The molecule has 0 amide bonds. The van der Waals surface area contributed by atoms with Crippen molar-refractivity contribution in [1.82, 2.24) is 4.98 Å². The molecule has 2 aromatic rings. The molecule has 1 aromatic heterocycles. The van der Waals surface area contributed by atoms with Gasteiger partial charge in [0, 0.05) is 28.0 Å². The minimum Gasteiger partial charge on any atom is -0.384 e. The van der Waals surface area contributed by atoms with E-state index in [1.54, 1.807) is 31.5 Å². The SMILES string of the molecule is CSC(c1ccc(Cl)cc1Cl)C(C)(O)c1cccnc1. The van der Waals surface area contributed by atoms with Gasteiger partial charge in [-0.2, -0.15) is 11.8 Å². The number of hydrogen-bond acceptors (Lipinski definition) is 3. The number of halogens is 2. The van der Waals surface area contributed by atoms with E-state index in [9.17, 15) is 5.11 Å². The van der Waals surface area contributed by atoms with E-state index in [2.05, 4.69) is 4.98 Å². The molecule has 0 saturated heterocycles. The standard InChI is InChI=1S/C15H15Cl2NOS/c1-15(19,10-4-3-7-18-9-10)14(20-2)12-6-5-11(16)8-13(12)17/h3-9,14,19H,1-2H3. The van der Waals surface area contributed by atoms with Crippen LogP contribution in [0.5, 0.6) is 0 Å². The summed E-state index contributed by atoms with van der Waals surface area (Å²) in [4.78, 5) is 4.07. The van der Waals surface area contributed by atoms with Gasteiger partial charge in [0.15, 0.2) is 0 Å². The summed E-state index contributed by atoms with van der Waals surface area (Å²) < 4.78 is 0. The van der Waals surface area contributed by atoms with Crippen molar-refractivity contribution < 1.29 is 5.11 Å². The number of nitrogens with zero attached hydrogens (tertiary/aromatic N) is 1. The van der Waals surface area contributed by atoms with E-state index >= 15 is 0 Å². The summed E-state index contributed by atoms with van der Waals surface area (Å²) >= 11 is 13.7. The fourth-order valence-electron chi connectivity index (χ4n) is 2.19. The van der Waals surface area contributed by atoms with Gasteiger partial charge in [-0.1, -0.05) is 35.3 Å². The fraction of sp³-hybridized carbons (Fsp3) is 0.267. The molecule has 0 aliphatic carbocycles. The van der Waals surface area contributed by atoms with Crippen molar-refractivity contribution in [2.45, 2.75) is 17.8 Å². The van der Waals surface area contributed by atoms with Crippen molar-refractivity contribution in [3.8, 4) is 0 Å². The Hall–Kier alpha value is -0.740. The Morgan fingerprint density at radius 3 is 2.60 bits per heavy atom. The summed E-state index contributed by atoms with van der Waals surface area (Å²) in [6.07, 6.45) is 5.30. The van der Waals surface area contributed by atoms with E-state index in [0.717, 1.165) is 11.1 Å². The van der Waals surface area contributed by atoms with Gasteiger partial charge >= 0.3 is 0 Å². The van der Waals surface area contributed by atoms with Crippen LogP contribution in [0.15, 0.2) is 42.7 Å². The highest BCUT2D eigenvalue weighted by atomic mass is 35.5. The van der Waals surface area contributed by atoms with Crippen LogP contribution in [0.1, 0.15) is 23.3 Å². The predicted molar refractivity (Wildman–Crippen MR) is 86.5 cm³/mol. The van der Waals surface area contributed by atoms with Gasteiger partial charge < -0.3 is 5.11 Å². The zero-order valence-electron chi connectivity index (χ0n) is 11.2. The molecule has 2 atom stereocenters. The molecule has 0 aliphatic rings. The molecule has 5 heteroatoms. The monoisotopic (exact) mass is 327 g/mol. The van der Waals surface area contributed by atoms with Crippen LogP contribution in [0.3, 0.4) is 0 Å². The first-order chi connectivity index (χ1) is 9.46. The number of benzene rings is 1. The second kappa shape index (κ2) is 6.35. The lowest BCUT2D eigenvalue weighted by Crippen LogP contribution is -2.28. The first kappa shape index (κ1) is 15.6. The Labute approximate surface area is 133 Å². The highest BCUT2D eigenvalue weighted by molar-refractivity contribution is 7.98. The van der Waals surface area contributed by atoms with E-state index < -0.39 is 5.60 Å².